The Morgan fingerprint density at radius 2 is 0.896 bits per heavy atom. The van der Waals surface area contributed by atoms with Crippen molar-refractivity contribution in [3.05, 3.63) is 209 Å². The van der Waals surface area contributed by atoms with E-state index in [2.05, 4.69) is 0 Å². The highest BCUT2D eigenvalue weighted by molar-refractivity contribution is 7.92. The third kappa shape index (κ3) is 12.5. The van der Waals surface area contributed by atoms with Crippen LogP contribution in [0.1, 0.15) is 33.4 Å². The number of aliphatic hydroxyl groups is 1. The lowest BCUT2D eigenvalue weighted by molar-refractivity contribution is -0.343. The van der Waals surface area contributed by atoms with Crippen LogP contribution in [-0.2, 0) is 85.5 Å². The molecule has 10 atom stereocenters. The molecule has 0 bridgehead atoms. The van der Waals surface area contributed by atoms with Gasteiger partial charge in [0.2, 0.25) is 9.84 Å². The predicted molar refractivity (Wildman–Crippen MR) is 250 cm³/mol. The SMILES string of the molecule is CO[C@H]1O[C@H](COCc2ccccc2)[C@@H](O[C@@H]2O[C@@H](C(O)S(=O)(=O)c3ccccc3C)[C@@H](OCc3ccccc3)[C@@H]2OCc2ccccc2)[C@H](OCc2ccccc2)[C@@H]1OCc1ccccc1. The van der Waals surface area contributed by atoms with Crippen LogP contribution in [-0.4, -0.2) is 88.0 Å². The molecule has 0 amide bonds. The number of rotatable bonds is 22. The monoisotopic (exact) mass is 930 g/mol. The van der Waals surface area contributed by atoms with Gasteiger partial charge in [-0.15, -0.1) is 0 Å². The molecule has 6 aromatic rings. The number of methoxy groups -OCH3 is 1. The second-order valence-electron chi connectivity index (χ2n) is 16.6. The highest BCUT2D eigenvalue weighted by Crippen LogP contribution is 2.38. The zero-order valence-corrected chi connectivity index (χ0v) is 38.4. The lowest BCUT2D eigenvalue weighted by Gasteiger charge is -2.46. The van der Waals surface area contributed by atoms with Gasteiger partial charge in [0.05, 0.1) is 44.5 Å². The summed E-state index contributed by atoms with van der Waals surface area (Å²) in [6, 6.07) is 54.8. The lowest BCUT2D eigenvalue weighted by Crippen LogP contribution is -2.62. The van der Waals surface area contributed by atoms with E-state index in [1.807, 2.05) is 152 Å². The maximum Gasteiger partial charge on any atom is 0.207 e. The van der Waals surface area contributed by atoms with Crippen molar-refractivity contribution in [2.45, 2.75) is 106 Å². The van der Waals surface area contributed by atoms with Crippen LogP contribution in [0.3, 0.4) is 0 Å². The van der Waals surface area contributed by atoms with Crippen LogP contribution in [0.5, 0.6) is 0 Å². The van der Waals surface area contributed by atoms with Crippen LogP contribution in [0, 0.1) is 6.92 Å². The van der Waals surface area contributed by atoms with Gasteiger partial charge in [0.15, 0.2) is 18.0 Å². The molecule has 0 aromatic heterocycles. The summed E-state index contributed by atoms with van der Waals surface area (Å²) in [4.78, 5) is -0.0336. The minimum absolute atomic E-state index is 0.0277. The average Bonchev–Trinajstić information content (AvgIpc) is 3.71. The second-order valence-corrected chi connectivity index (χ2v) is 18.6. The van der Waals surface area contributed by atoms with Crippen LogP contribution in [0.25, 0.3) is 0 Å². The van der Waals surface area contributed by atoms with E-state index in [0.29, 0.717) is 5.56 Å². The molecule has 13 heteroatoms. The van der Waals surface area contributed by atoms with E-state index >= 15 is 0 Å². The van der Waals surface area contributed by atoms with E-state index in [-0.39, 0.29) is 44.5 Å². The van der Waals surface area contributed by atoms with Crippen molar-refractivity contribution in [1.29, 1.82) is 0 Å². The zero-order chi connectivity index (χ0) is 46.4. The molecule has 6 aromatic carbocycles. The zero-order valence-electron chi connectivity index (χ0n) is 37.6. The summed E-state index contributed by atoms with van der Waals surface area (Å²) in [5, 5.41) is 12.2. The first kappa shape index (κ1) is 48.3. The van der Waals surface area contributed by atoms with Gasteiger partial charge in [-0.1, -0.05) is 170 Å². The van der Waals surface area contributed by atoms with Crippen molar-refractivity contribution in [3.63, 3.8) is 0 Å². The molecule has 2 heterocycles. The third-order valence-electron chi connectivity index (χ3n) is 11.9. The molecule has 0 radical (unpaired) electrons. The average molecular weight is 931 g/mol. The molecular weight excluding hydrogens is 873 g/mol. The van der Waals surface area contributed by atoms with Crippen LogP contribution >= 0.6 is 0 Å². The lowest BCUT2D eigenvalue weighted by atomic mass is 9.97. The Balaban J connectivity index is 1.19. The number of aryl methyl sites for hydroxylation is 1. The standard InChI is InChI=1S/C54H58O12S/c1-38-20-18-19-31-45(38)67(56,57)52(55)49-48(61-34-41-25-12-5-13-26-41)51(63-36-43-29-16-7-17-30-43)54(66-49)65-46-44(37-59-32-39-21-8-3-9-22-39)64-53(58-2)50(62-35-42-27-14-6-15-28-42)47(46)60-33-40-23-10-4-11-24-40/h3-31,44,46-55H,32-37H2,1-2H3/t44-,46-,47+,48-,49-,50+,51+,52?,53+,54-/m1/s1. The first-order valence-electron chi connectivity index (χ1n) is 22.5. The van der Waals surface area contributed by atoms with Gasteiger partial charge in [-0.25, -0.2) is 8.42 Å². The summed E-state index contributed by atoms with van der Waals surface area (Å²) in [6.45, 7) is 2.49. The Hall–Kier alpha value is -5.13. The molecule has 0 saturated carbocycles. The number of sulfone groups is 1. The minimum atomic E-state index is -4.43. The maximum absolute atomic E-state index is 14.4. The fourth-order valence-electron chi connectivity index (χ4n) is 8.36. The van der Waals surface area contributed by atoms with E-state index in [1.54, 1.807) is 32.2 Å². The van der Waals surface area contributed by atoms with E-state index < -0.39 is 70.6 Å². The largest absolute Gasteiger partial charge is 0.375 e. The van der Waals surface area contributed by atoms with Gasteiger partial charge in [-0.05, 0) is 46.4 Å². The molecule has 352 valence electrons. The number of ether oxygens (including phenoxy) is 9. The highest BCUT2D eigenvalue weighted by Gasteiger charge is 2.57. The van der Waals surface area contributed by atoms with Crippen LogP contribution < -0.4 is 0 Å². The number of hydrogen-bond donors (Lipinski definition) is 1. The Bertz CT molecular complexity index is 2480. The van der Waals surface area contributed by atoms with Gasteiger partial charge in [0.1, 0.15) is 42.7 Å². The minimum Gasteiger partial charge on any atom is -0.375 e. The maximum atomic E-state index is 14.4. The Kier molecular flexibility index (Phi) is 17.1. The quantitative estimate of drug-likeness (QED) is 0.0704. The number of benzene rings is 6. The third-order valence-corrected chi connectivity index (χ3v) is 13.8. The first-order valence-corrected chi connectivity index (χ1v) is 24.0. The highest BCUT2D eigenvalue weighted by atomic mass is 32.2. The summed E-state index contributed by atoms with van der Waals surface area (Å²) in [5.74, 6) is 0. The van der Waals surface area contributed by atoms with Crippen molar-refractivity contribution < 1.29 is 56.2 Å². The summed E-state index contributed by atoms with van der Waals surface area (Å²) in [7, 11) is -2.89. The van der Waals surface area contributed by atoms with Gasteiger partial charge in [0, 0.05) is 7.11 Å². The van der Waals surface area contributed by atoms with Gasteiger partial charge in [-0.2, -0.15) is 0 Å². The van der Waals surface area contributed by atoms with Crippen molar-refractivity contribution in [2.24, 2.45) is 0 Å². The normalized spacial score (nSPS) is 24.6. The van der Waals surface area contributed by atoms with Gasteiger partial charge in [0.25, 0.3) is 0 Å². The fraction of sp³-hybridized carbons (Fsp3) is 0.333. The molecule has 0 spiro atoms. The smallest absolute Gasteiger partial charge is 0.207 e. The topological polar surface area (TPSA) is 137 Å². The molecule has 12 nitrogen and oxygen atoms in total. The molecule has 0 aliphatic carbocycles. The van der Waals surface area contributed by atoms with Crippen LogP contribution in [0.15, 0.2) is 181 Å². The van der Waals surface area contributed by atoms with Gasteiger partial charge < -0.3 is 47.7 Å². The Labute approximate surface area is 393 Å². The Morgan fingerprint density at radius 3 is 1.36 bits per heavy atom. The van der Waals surface area contributed by atoms with E-state index in [9.17, 15) is 13.5 Å². The fourth-order valence-corrected chi connectivity index (χ4v) is 9.97. The predicted octanol–water partition coefficient (Wildman–Crippen LogP) is 8.13. The van der Waals surface area contributed by atoms with E-state index in [1.165, 1.54) is 6.07 Å². The first-order chi connectivity index (χ1) is 32.8. The molecule has 67 heavy (non-hydrogen) atoms. The molecule has 2 aliphatic rings. The van der Waals surface area contributed by atoms with Crippen LogP contribution in [0.4, 0.5) is 0 Å². The number of hydrogen-bond acceptors (Lipinski definition) is 12. The molecule has 2 aliphatic heterocycles. The molecule has 2 saturated heterocycles. The van der Waals surface area contributed by atoms with Crippen molar-refractivity contribution in [1.82, 2.24) is 0 Å². The molecular formula is C54H58O12S. The summed E-state index contributed by atoms with van der Waals surface area (Å²) >= 11 is 0. The van der Waals surface area contributed by atoms with Crippen molar-refractivity contribution in [2.75, 3.05) is 13.7 Å². The Morgan fingerprint density at radius 1 is 0.493 bits per heavy atom. The van der Waals surface area contributed by atoms with E-state index in [0.717, 1.165) is 27.8 Å². The summed E-state index contributed by atoms with van der Waals surface area (Å²) < 4.78 is 88.8. The second kappa shape index (κ2) is 23.7. The van der Waals surface area contributed by atoms with Gasteiger partial charge >= 0.3 is 0 Å². The van der Waals surface area contributed by atoms with Gasteiger partial charge in [-0.3, -0.25) is 0 Å². The molecule has 1 N–H and O–H groups in total. The molecule has 8 rings (SSSR count). The van der Waals surface area contributed by atoms with E-state index in [4.69, 9.17) is 42.6 Å². The number of aliphatic hydroxyl groups excluding tert-OH is 1. The summed E-state index contributed by atoms with van der Waals surface area (Å²) in [5.41, 5.74) is 2.81. The van der Waals surface area contributed by atoms with Crippen molar-refractivity contribution in [3.8, 4) is 0 Å². The molecule has 1 unspecified atom stereocenters. The molecule has 2 fully saturated rings. The summed E-state index contributed by atoms with van der Waals surface area (Å²) in [6.07, 6.45) is -9.65. The van der Waals surface area contributed by atoms with Crippen molar-refractivity contribution >= 4 is 9.84 Å². The van der Waals surface area contributed by atoms with Crippen LogP contribution in [0.2, 0.25) is 0 Å².